The van der Waals surface area contributed by atoms with E-state index in [2.05, 4.69) is 15.3 Å². The number of hydrogen-bond donors (Lipinski definition) is 2. The molecular formula is C18H18ClN5O2. The van der Waals surface area contributed by atoms with Gasteiger partial charge in [0.2, 0.25) is 5.91 Å². The smallest absolute Gasteiger partial charge is 0.257 e. The molecule has 7 nitrogen and oxygen atoms in total. The first-order valence-electron chi connectivity index (χ1n) is 8.73. The highest BCUT2D eigenvalue weighted by atomic mass is 35.5. The summed E-state index contributed by atoms with van der Waals surface area (Å²) >= 11 is 6.30. The van der Waals surface area contributed by atoms with Crippen LogP contribution in [0.1, 0.15) is 48.0 Å². The van der Waals surface area contributed by atoms with E-state index in [0.29, 0.717) is 21.6 Å². The summed E-state index contributed by atoms with van der Waals surface area (Å²) in [7, 11) is 0. The van der Waals surface area contributed by atoms with Crippen LogP contribution in [0.15, 0.2) is 12.4 Å². The Balaban J connectivity index is 1.66. The van der Waals surface area contributed by atoms with Crippen LogP contribution in [-0.2, 0) is 11.3 Å². The molecule has 134 valence electrons. The molecule has 1 fully saturated rings. The second kappa shape index (κ2) is 6.61. The molecule has 1 aliphatic carbocycles. The molecule has 4 rings (SSSR count). The molecule has 2 amide bonds. The van der Waals surface area contributed by atoms with Crippen LogP contribution in [0.25, 0.3) is 11.0 Å². The largest absolute Gasteiger partial charge is 0.352 e. The van der Waals surface area contributed by atoms with Crippen LogP contribution >= 0.6 is 11.6 Å². The Morgan fingerprint density at radius 3 is 3.00 bits per heavy atom. The van der Waals surface area contributed by atoms with Gasteiger partial charge in [-0.3, -0.25) is 9.59 Å². The van der Waals surface area contributed by atoms with E-state index in [4.69, 9.17) is 11.6 Å². The van der Waals surface area contributed by atoms with Crippen molar-refractivity contribution < 1.29 is 9.59 Å². The fourth-order valence-electron chi connectivity index (χ4n) is 3.91. The molecule has 0 radical (unpaired) electrons. The minimum absolute atomic E-state index is 0.0596. The van der Waals surface area contributed by atoms with Crippen LogP contribution in [0.3, 0.4) is 0 Å². The average molecular weight is 372 g/mol. The summed E-state index contributed by atoms with van der Waals surface area (Å²) in [4.78, 5) is 34.4. The molecule has 1 atom stereocenters. The lowest BCUT2D eigenvalue weighted by Gasteiger charge is -2.33. The Hall–Kier alpha value is -2.59. The quantitative estimate of drug-likeness (QED) is 0.861. The zero-order valence-electron chi connectivity index (χ0n) is 14.1. The topological polar surface area (TPSA) is 102 Å². The van der Waals surface area contributed by atoms with Gasteiger partial charge in [0.15, 0.2) is 0 Å². The summed E-state index contributed by atoms with van der Waals surface area (Å²) in [5, 5.41) is 13.4. The molecule has 0 bridgehead atoms. The Labute approximate surface area is 155 Å². The zero-order chi connectivity index (χ0) is 18.3. The van der Waals surface area contributed by atoms with E-state index >= 15 is 0 Å². The number of hydrogen-bond acceptors (Lipinski definition) is 4. The Kier molecular flexibility index (Phi) is 4.29. The zero-order valence-corrected chi connectivity index (χ0v) is 14.8. The van der Waals surface area contributed by atoms with Crippen LogP contribution in [0.4, 0.5) is 0 Å². The van der Waals surface area contributed by atoms with Crippen molar-refractivity contribution >= 4 is 34.4 Å². The maximum absolute atomic E-state index is 13.0. The van der Waals surface area contributed by atoms with Crippen molar-refractivity contribution in [1.29, 1.82) is 5.26 Å². The molecule has 1 saturated carbocycles. The van der Waals surface area contributed by atoms with Gasteiger partial charge in [0.05, 0.1) is 23.1 Å². The van der Waals surface area contributed by atoms with E-state index in [0.717, 1.165) is 31.2 Å². The number of nitrogens with zero attached hydrogens (tertiary/aromatic N) is 3. The van der Waals surface area contributed by atoms with Crippen molar-refractivity contribution in [2.45, 2.75) is 50.7 Å². The number of amides is 2. The van der Waals surface area contributed by atoms with Crippen molar-refractivity contribution in [1.82, 2.24) is 20.2 Å². The van der Waals surface area contributed by atoms with E-state index in [-0.39, 0.29) is 30.8 Å². The van der Waals surface area contributed by atoms with Crippen LogP contribution in [0.2, 0.25) is 5.02 Å². The fraction of sp³-hybridized carbons (Fsp3) is 0.444. The molecule has 2 N–H and O–H groups in total. The van der Waals surface area contributed by atoms with Gasteiger partial charge in [0, 0.05) is 35.9 Å². The highest BCUT2D eigenvalue weighted by Crippen LogP contribution is 2.34. The Morgan fingerprint density at radius 1 is 1.50 bits per heavy atom. The number of halogens is 1. The molecular weight excluding hydrogens is 354 g/mol. The minimum Gasteiger partial charge on any atom is -0.352 e. The van der Waals surface area contributed by atoms with Crippen molar-refractivity contribution in [2.75, 3.05) is 0 Å². The molecule has 2 aliphatic rings. The predicted molar refractivity (Wildman–Crippen MR) is 95.4 cm³/mol. The number of H-pyrrole nitrogens is 1. The van der Waals surface area contributed by atoms with Crippen LogP contribution in [0, 0.1) is 11.3 Å². The highest BCUT2D eigenvalue weighted by molar-refractivity contribution is 6.32. The minimum atomic E-state index is -0.838. The van der Waals surface area contributed by atoms with Gasteiger partial charge in [0.25, 0.3) is 5.91 Å². The second-order valence-corrected chi connectivity index (χ2v) is 7.22. The van der Waals surface area contributed by atoms with Crippen molar-refractivity contribution in [2.24, 2.45) is 0 Å². The lowest BCUT2D eigenvalue weighted by atomic mass is 9.99. The molecule has 1 aliphatic heterocycles. The Bertz CT molecular complexity index is 926. The van der Waals surface area contributed by atoms with Gasteiger partial charge in [-0.1, -0.05) is 24.4 Å². The third-order valence-electron chi connectivity index (χ3n) is 5.24. The lowest BCUT2D eigenvalue weighted by Crippen LogP contribution is -2.51. The lowest BCUT2D eigenvalue weighted by molar-refractivity contribution is -0.126. The van der Waals surface area contributed by atoms with Crippen LogP contribution < -0.4 is 5.32 Å². The summed E-state index contributed by atoms with van der Waals surface area (Å²) in [5.41, 5.74) is 1.79. The molecule has 8 heteroatoms. The number of carbonyl (C=O) groups is 2. The molecule has 0 saturated heterocycles. The number of aromatic nitrogens is 2. The average Bonchev–Trinajstić information content (AvgIpc) is 3.28. The molecule has 1 unspecified atom stereocenters. The highest BCUT2D eigenvalue weighted by Gasteiger charge is 2.37. The van der Waals surface area contributed by atoms with Gasteiger partial charge in [-0.2, -0.15) is 5.26 Å². The molecule has 2 aromatic heterocycles. The van der Waals surface area contributed by atoms with Crippen molar-refractivity contribution in [3.8, 4) is 6.07 Å². The maximum Gasteiger partial charge on any atom is 0.257 e. The first kappa shape index (κ1) is 16.9. The number of carbonyl (C=O) groups excluding carboxylic acids is 2. The third-order valence-corrected chi connectivity index (χ3v) is 5.57. The second-order valence-electron chi connectivity index (χ2n) is 6.81. The summed E-state index contributed by atoms with van der Waals surface area (Å²) < 4.78 is 0. The first-order chi connectivity index (χ1) is 12.6. The van der Waals surface area contributed by atoms with Crippen molar-refractivity contribution in [3.63, 3.8) is 0 Å². The van der Waals surface area contributed by atoms with Gasteiger partial charge in [-0.05, 0) is 12.8 Å². The number of rotatable bonds is 4. The van der Waals surface area contributed by atoms with E-state index in [1.54, 1.807) is 6.20 Å². The molecule has 3 heterocycles. The SMILES string of the molecule is N#CCC(C(=O)NC1CCCC1)N1Cc2c(Cl)cnc3[nH]cc(c23)C1=O. The summed E-state index contributed by atoms with van der Waals surface area (Å²) in [6.45, 7) is 0.186. The normalized spacial score (nSPS) is 18.2. The molecule has 0 spiro atoms. The van der Waals surface area contributed by atoms with Crippen LogP contribution in [0.5, 0.6) is 0 Å². The molecule has 26 heavy (non-hydrogen) atoms. The number of aromatic amines is 1. The standard InChI is InChI=1S/C18H18ClN5O2/c19-13-8-22-16-15-11(7-21-16)18(26)24(9-12(13)15)14(5-6-20)17(25)23-10-3-1-2-4-10/h7-8,10,14H,1-5,9H2,(H,21,22)(H,23,25). The number of nitrogens with one attached hydrogen (secondary N) is 2. The Morgan fingerprint density at radius 2 is 2.27 bits per heavy atom. The van der Waals surface area contributed by atoms with E-state index in [9.17, 15) is 14.9 Å². The predicted octanol–water partition coefficient (Wildman–Crippen LogP) is 2.51. The van der Waals surface area contributed by atoms with Gasteiger partial charge in [-0.25, -0.2) is 4.98 Å². The van der Waals surface area contributed by atoms with Gasteiger partial charge < -0.3 is 15.2 Å². The van der Waals surface area contributed by atoms with Gasteiger partial charge in [0.1, 0.15) is 11.7 Å². The first-order valence-corrected chi connectivity index (χ1v) is 9.10. The van der Waals surface area contributed by atoms with E-state index in [1.165, 1.54) is 11.1 Å². The third kappa shape index (κ3) is 2.71. The number of pyridine rings is 1. The van der Waals surface area contributed by atoms with E-state index in [1.807, 2.05) is 6.07 Å². The summed E-state index contributed by atoms with van der Waals surface area (Å²) in [6.07, 6.45) is 7.13. The van der Waals surface area contributed by atoms with Crippen LogP contribution in [-0.4, -0.2) is 38.8 Å². The summed E-state index contributed by atoms with van der Waals surface area (Å²) in [6, 6.07) is 1.33. The van der Waals surface area contributed by atoms with E-state index < -0.39 is 6.04 Å². The monoisotopic (exact) mass is 371 g/mol. The van der Waals surface area contributed by atoms with Gasteiger partial charge in [-0.15, -0.1) is 0 Å². The molecule has 0 aromatic carbocycles. The maximum atomic E-state index is 13.0. The summed E-state index contributed by atoms with van der Waals surface area (Å²) in [5.74, 6) is -0.554. The van der Waals surface area contributed by atoms with Crippen molar-refractivity contribution in [3.05, 3.63) is 28.5 Å². The molecule has 2 aromatic rings. The number of nitriles is 1. The van der Waals surface area contributed by atoms with Gasteiger partial charge >= 0.3 is 0 Å². The fourth-order valence-corrected chi connectivity index (χ4v) is 4.11.